The van der Waals surface area contributed by atoms with Crippen LogP contribution in [-0.4, -0.2) is 18.0 Å². The van der Waals surface area contributed by atoms with Crippen molar-refractivity contribution in [3.05, 3.63) is 162 Å². The van der Waals surface area contributed by atoms with Crippen LogP contribution in [0.2, 0.25) is 19.6 Å². The Labute approximate surface area is 300 Å². The molecule has 0 amide bonds. The van der Waals surface area contributed by atoms with Gasteiger partial charge in [-0.2, -0.15) is 0 Å². The quantitative estimate of drug-likeness (QED) is 0.118. The third kappa shape index (κ3) is 8.71. The second-order valence-corrected chi connectivity index (χ2v) is 18.8. The summed E-state index contributed by atoms with van der Waals surface area (Å²) >= 11 is 0. The molecule has 0 unspecified atom stereocenters. The molecule has 2 aromatic heterocycles. The molecule has 48 heavy (non-hydrogen) atoms. The van der Waals surface area contributed by atoms with Crippen LogP contribution in [0.25, 0.3) is 33.6 Å². The minimum Gasteiger partial charge on any atom is -0.305 e. The fourth-order valence-electron chi connectivity index (χ4n) is 5.74. The van der Waals surface area contributed by atoms with E-state index in [1.165, 1.54) is 33.5 Å². The van der Waals surface area contributed by atoms with Crippen LogP contribution in [0.5, 0.6) is 0 Å². The van der Waals surface area contributed by atoms with Crippen molar-refractivity contribution in [3.8, 4) is 33.6 Å². The summed E-state index contributed by atoms with van der Waals surface area (Å²) in [4.78, 5) is 9.10. The molecule has 0 saturated carbocycles. The Kier molecular flexibility index (Phi) is 12.2. The largest absolute Gasteiger partial charge is 0.305 e. The molecule has 0 aliphatic heterocycles. The van der Waals surface area contributed by atoms with Gasteiger partial charge < -0.3 is 9.97 Å². The van der Waals surface area contributed by atoms with E-state index in [1.54, 1.807) is 18.3 Å². The number of halogens is 1. The van der Waals surface area contributed by atoms with E-state index in [0.717, 1.165) is 16.8 Å². The van der Waals surface area contributed by atoms with Crippen LogP contribution in [0, 0.1) is 17.9 Å². The predicted octanol–water partition coefficient (Wildman–Crippen LogP) is 10.9. The van der Waals surface area contributed by atoms with Crippen molar-refractivity contribution in [1.29, 1.82) is 0 Å². The Morgan fingerprint density at radius 1 is 0.688 bits per heavy atom. The Bertz CT molecular complexity index is 1930. The van der Waals surface area contributed by atoms with Crippen molar-refractivity contribution in [1.82, 2.24) is 9.97 Å². The van der Waals surface area contributed by atoms with E-state index < -0.39 is 8.07 Å². The minimum absolute atomic E-state index is 0. The van der Waals surface area contributed by atoms with Crippen LogP contribution < -0.4 is 5.19 Å². The van der Waals surface area contributed by atoms with Gasteiger partial charge in [0, 0.05) is 43.7 Å². The molecule has 0 spiro atoms. The summed E-state index contributed by atoms with van der Waals surface area (Å²) in [7, 11) is -1.40. The monoisotopic (exact) mass is 827 g/mol. The van der Waals surface area contributed by atoms with Gasteiger partial charge in [-0.05, 0) is 45.2 Å². The molecule has 0 fully saturated rings. The Morgan fingerprint density at radius 3 is 2.02 bits per heavy atom. The Balaban J connectivity index is 0.000000214. The fraction of sp³-hybridized carbons (Fsp3) is 0.209. The summed E-state index contributed by atoms with van der Waals surface area (Å²) in [6.45, 7) is 16.0. The number of pyridine rings is 2. The van der Waals surface area contributed by atoms with Crippen LogP contribution in [0.15, 0.2) is 128 Å². The Hall–Kier alpha value is -4.02. The molecule has 0 saturated heterocycles. The molecule has 4 aromatic carbocycles. The van der Waals surface area contributed by atoms with Crippen molar-refractivity contribution in [2.45, 2.75) is 58.7 Å². The standard InChI is InChI=1S/C23H26NSi.C20H17FN.Ir/c1-17(2)21-15-22(24-16-23(21)25(3,4)5)20-13-9-12-19(14-20)18-10-7-6-8-11-18;1-20(2,15-8-4-3-5-9-15)16-12-13-22-19(14-16)17-10-6-7-11-18(17)21;/h6-12,14-17H,1-5H3;3-9,11-14H,1-2H3;/q2*-1;. The maximum Gasteiger partial charge on any atom is 0.0799 e. The maximum atomic E-state index is 14.0. The number of aromatic nitrogens is 2. The second kappa shape index (κ2) is 15.9. The second-order valence-electron chi connectivity index (χ2n) is 13.7. The molecule has 6 rings (SSSR count). The van der Waals surface area contributed by atoms with E-state index >= 15 is 0 Å². The number of nitrogens with zero attached hydrogens (tertiary/aromatic N) is 2. The van der Waals surface area contributed by atoms with Gasteiger partial charge in [0.2, 0.25) is 0 Å². The molecule has 2 heterocycles. The van der Waals surface area contributed by atoms with Crippen molar-refractivity contribution < 1.29 is 24.5 Å². The molecule has 0 aliphatic rings. The average Bonchev–Trinajstić information content (AvgIpc) is 3.09. The van der Waals surface area contributed by atoms with Gasteiger partial charge in [-0.15, -0.1) is 59.7 Å². The molecule has 0 bridgehead atoms. The molecule has 5 heteroatoms. The molecule has 6 aromatic rings. The van der Waals surface area contributed by atoms with E-state index in [4.69, 9.17) is 4.98 Å². The molecular weight excluding hydrogens is 784 g/mol. The van der Waals surface area contributed by atoms with Crippen LogP contribution >= 0.6 is 0 Å². The van der Waals surface area contributed by atoms with Gasteiger partial charge in [0.25, 0.3) is 0 Å². The zero-order valence-corrected chi connectivity index (χ0v) is 32.2. The van der Waals surface area contributed by atoms with E-state index in [-0.39, 0.29) is 31.3 Å². The zero-order valence-electron chi connectivity index (χ0n) is 28.8. The summed E-state index contributed by atoms with van der Waals surface area (Å²) in [5, 5.41) is 1.46. The Morgan fingerprint density at radius 2 is 1.38 bits per heavy atom. The molecule has 247 valence electrons. The van der Waals surface area contributed by atoms with Gasteiger partial charge >= 0.3 is 0 Å². The van der Waals surface area contributed by atoms with Crippen LogP contribution in [0.4, 0.5) is 4.39 Å². The van der Waals surface area contributed by atoms with Crippen molar-refractivity contribution in [3.63, 3.8) is 0 Å². The van der Waals surface area contributed by atoms with E-state index in [2.05, 4.69) is 125 Å². The fourth-order valence-corrected chi connectivity index (χ4v) is 7.42. The van der Waals surface area contributed by atoms with Gasteiger partial charge in [-0.3, -0.25) is 4.39 Å². The van der Waals surface area contributed by atoms with Gasteiger partial charge in [-0.25, -0.2) is 0 Å². The number of hydrogen-bond donors (Lipinski definition) is 0. The first kappa shape index (κ1) is 36.8. The average molecular weight is 827 g/mol. The summed E-state index contributed by atoms with van der Waals surface area (Å²) < 4.78 is 14.0. The van der Waals surface area contributed by atoms with Gasteiger partial charge in [0.1, 0.15) is 0 Å². The van der Waals surface area contributed by atoms with Gasteiger partial charge in [0.15, 0.2) is 0 Å². The van der Waals surface area contributed by atoms with Gasteiger partial charge in [0.05, 0.1) is 8.07 Å². The zero-order chi connectivity index (χ0) is 33.6. The van der Waals surface area contributed by atoms with E-state index in [9.17, 15) is 4.39 Å². The molecule has 0 aliphatic carbocycles. The summed E-state index contributed by atoms with van der Waals surface area (Å²) in [6.07, 6.45) is 3.84. The normalized spacial score (nSPS) is 11.4. The first-order chi connectivity index (χ1) is 22.4. The molecular formula is C43H43FIrN2Si-2. The molecule has 1 radical (unpaired) electrons. The van der Waals surface area contributed by atoms with E-state index in [1.807, 2.05) is 42.5 Å². The predicted molar refractivity (Wildman–Crippen MR) is 198 cm³/mol. The number of hydrogen-bond acceptors (Lipinski definition) is 2. The minimum atomic E-state index is -1.40. The number of rotatable bonds is 7. The summed E-state index contributed by atoms with van der Waals surface area (Å²) in [6, 6.07) is 44.3. The molecule has 2 nitrogen and oxygen atoms in total. The van der Waals surface area contributed by atoms with Crippen LogP contribution in [0.1, 0.15) is 50.3 Å². The maximum absolute atomic E-state index is 14.0. The third-order valence-corrected chi connectivity index (χ3v) is 10.6. The van der Waals surface area contributed by atoms with Crippen molar-refractivity contribution in [2.75, 3.05) is 0 Å². The topological polar surface area (TPSA) is 25.8 Å². The van der Waals surface area contributed by atoms with Crippen LogP contribution in [0.3, 0.4) is 0 Å². The van der Waals surface area contributed by atoms with Crippen molar-refractivity contribution >= 4 is 13.3 Å². The SMILES string of the molecule is CC(C)(c1ccccc1)c1ccnc(-c2[c-]cccc2F)c1.CC(C)c1cc(-c2[c-]ccc(-c3ccccc3)c2)ncc1[Si](C)(C)C.[Ir]. The molecule has 0 N–H and O–H groups in total. The molecule has 0 atom stereocenters. The third-order valence-electron chi connectivity index (χ3n) is 8.59. The number of benzene rings is 4. The first-order valence-electron chi connectivity index (χ1n) is 16.2. The summed E-state index contributed by atoms with van der Waals surface area (Å²) in [5.74, 6) is 0.199. The smallest absolute Gasteiger partial charge is 0.0799 e. The van der Waals surface area contributed by atoms with Crippen molar-refractivity contribution in [2.24, 2.45) is 0 Å². The van der Waals surface area contributed by atoms with E-state index in [0.29, 0.717) is 17.2 Å². The first-order valence-corrected chi connectivity index (χ1v) is 19.7. The van der Waals surface area contributed by atoms with Crippen LogP contribution in [-0.2, 0) is 25.5 Å². The van der Waals surface area contributed by atoms with Gasteiger partial charge in [-0.1, -0.05) is 131 Å². The summed E-state index contributed by atoms with van der Waals surface area (Å²) in [5.41, 5.74) is 9.09.